The lowest BCUT2D eigenvalue weighted by Crippen LogP contribution is -2.33. The highest BCUT2D eigenvalue weighted by Crippen LogP contribution is 2.24. The Balaban J connectivity index is 2.09. The summed E-state index contributed by atoms with van der Waals surface area (Å²) < 4.78 is 5.23. The average Bonchev–Trinajstić information content (AvgIpc) is 2.76. The van der Waals surface area contributed by atoms with Crippen molar-refractivity contribution in [3.63, 3.8) is 0 Å². The maximum Gasteiger partial charge on any atom is 0.227 e. The molecule has 2 N–H and O–H groups in total. The zero-order chi connectivity index (χ0) is 13.1. The number of amides is 1. The third-order valence-corrected chi connectivity index (χ3v) is 3.40. The summed E-state index contributed by atoms with van der Waals surface area (Å²) in [5.41, 5.74) is 6.61. The molecule has 1 heterocycles. The third-order valence-electron chi connectivity index (χ3n) is 3.16. The van der Waals surface area contributed by atoms with E-state index < -0.39 is 0 Å². The molecule has 0 unspecified atom stereocenters. The molecule has 0 aromatic heterocycles. The molecular weight excluding hydrogens is 252 g/mol. The Morgan fingerprint density at radius 2 is 2.39 bits per heavy atom. The van der Waals surface area contributed by atoms with Crippen molar-refractivity contribution < 1.29 is 9.53 Å². The van der Waals surface area contributed by atoms with Gasteiger partial charge >= 0.3 is 0 Å². The van der Waals surface area contributed by atoms with Gasteiger partial charge in [-0.05, 0) is 24.6 Å². The minimum absolute atomic E-state index is 0.0727. The van der Waals surface area contributed by atoms with Gasteiger partial charge in [-0.15, -0.1) is 0 Å². The molecule has 0 spiro atoms. The SMILES string of the molecule is COc1ccc(Cl)cc1CC(=O)N1CC[C@H](N)C1. The summed E-state index contributed by atoms with van der Waals surface area (Å²) in [5, 5.41) is 0.608. The van der Waals surface area contributed by atoms with E-state index in [0.717, 1.165) is 18.5 Å². The first-order valence-electron chi connectivity index (χ1n) is 5.96. The second-order valence-corrected chi connectivity index (χ2v) is 4.96. The van der Waals surface area contributed by atoms with Crippen LogP contribution in [0.25, 0.3) is 0 Å². The molecule has 18 heavy (non-hydrogen) atoms. The Morgan fingerprint density at radius 1 is 1.61 bits per heavy atom. The van der Waals surface area contributed by atoms with Gasteiger partial charge in [-0.2, -0.15) is 0 Å². The quantitative estimate of drug-likeness (QED) is 0.903. The second kappa shape index (κ2) is 5.59. The lowest BCUT2D eigenvalue weighted by molar-refractivity contribution is -0.129. The predicted molar refractivity (Wildman–Crippen MR) is 70.9 cm³/mol. The van der Waals surface area contributed by atoms with E-state index in [1.165, 1.54) is 0 Å². The van der Waals surface area contributed by atoms with Gasteiger partial charge in [-0.1, -0.05) is 11.6 Å². The molecule has 1 fully saturated rings. The van der Waals surface area contributed by atoms with Crippen LogP contribution < -0.4 is 10.5 Å². The highest BCUT2D eigenvalue weighted by atomic mass is 35.5. The molecule has 2 rings (SSSR count). The standard InChI is InChI=1S/C13H17ClN2O2/c1-18-12-3-2-10(14)6-9(12)7-13(17)16-5-4-11(15)8-16/h2-3,6,11H,4-5,7-8,15H2,1H3/t11-/m0/s1. The van der Waals surface area contributed by atoms with Crippen LogP contribution in [0.2, 0.25) is 5.02 Å². The molecular formula is C13H17ClN2O2. The van der Waals surface area contributed by atoms with Gasteiger partial charge in [0, 0.05) is 29.7 Å². The highest BCUT2D eigenvalue weighted by molar-refractivity contribution is 6.30. The van der Waals surface area contributed by atoms with E-state index in [1.54, 1.807) is 30.2 Å². The average molecular weight is 269 g/mol. The van der Waals surface area contributed by atoms with Crippen molar-refractivity contribution in [2.75, 3.05) is 20.2 Å². The van der Waals surface area contributed by atoms with Crippen molar-refractivity contribution in [3.8, 4) is 5.75 Å². The molecule has 0 bridgehead atoms. The Labute approximate surface area is 112 Å². The first kappa shape index (κ1) is 13.2. The number of carbonyl (C=O) groups excluding carboxylic acids is 1. The zero-order valence-electron chi connectivity index (χ0n) is 10.4. The molecule has 1 amide bonds. The third kappa shape index (κ3) is 2.94. The smallest absolute Gasteiger partial charge is 0.227 e. The Bertz CT molecular complexity index is 451. The van der Waals surface area contributed by atoms with Crippen LogP contribution in [0.15, 0.2) is 18.2 Å². The fourth-order valence-electron chi connectivity index (χ4n) is 2.17. The molecule has 5 heteroatoms. The molecule has 0 aliphatic carbocycles. The van der Waals surface area contributed by atoms with E-state index in [-0.39, 0.29) is 11.9 Å². The predicted octanol–water partition coefficient (Wildman–Crippen LogP) is 1.45. The number of rotatable bonds is 3. The van der Waals surface area contributed by atoms with Gasteiger partial charge in [-0.3, -0.25) is 4.79 Å². The minimum Gasteiger partial charge on any atom is -0.496 e. The molecule has 1 aliphatic rings. The first-order chi connectivity index (χ1) is 8.60. The van der Waals surface area contributed by atoms with Gasteiger partial charge in [0.1, 0.15) is 5.75 Å². The van der Waals surface area contributed by atoms with Gasteiger partial charge in [0.25, 0.3) is 0 Å². The maximum absolute atomic E-state index is 12.1. The van der Waals surface area contributed by atoms with Gasteiger partial charge in [0.05, 0.1) is 13.5 Å². The molecule has 0 radical (unpaired) electrons. The molecule has 1 aromatic carbocycles. The summed E-state index contributed by atoms with van der Waals surface area (Å²) in [4.78, 5) is 13.9. The van der Waals surface area contributed by atoms with E-state index in [1.807, 2.05) is 0 Å². The topological polar surface area (TPSA) is 55.6 Å². The van der Waals surface area contributed by atoms with Crippen LogP contribution in [0.4, 0.5) is 0 Å². The summed E-state index contributed by atoms with van der Waals surface area (Å²) in [6.07, 6.45) is 1.18. The second-order valence-electron chi connectivity index (χ2n) is 4.52. The highest BCUT2D eigenvalue weighted by Gasteiger charge is 2.24. The normalized spacial score (nSPS) is 19.1. The lowest BCUT2D eigenvalue weighted by atomic mass is 10.1. The fraction of sp³-hybridized carbons (Fsp3) is 0.462. The number of nitrogens with two attached hydrogens (primary N) is 1. The Morgan fingerprint density at radius 3 is 3.00 bits per heavy atom. The summed E-state index contributed by atoms with van der Waals surface area (Å²) in [6.45, 7) is 1.38. The van der Waals surface area contributed by atoms with Crippen LogP contribution in [0.5, 0.6) is 5.75 Å². The van der Waals surface area contributed by atoms with E-state index in [0.29, 0.717) is 23.7 Å². The van der Waals surface area contributed by atoms with Crippen LogP contribution in [0.3, 0.4) is 0 Å². The first-order valence-corrected chi connectivity index (χ1v) is 6.33. The number of hydrogen-bond acceptors (Lipinski definition) is 3. The van der Waals surface area contributed by atoms with Crippen molar-refractivity contribution in [1.82, 2.24) is 4.90 Å². The number of ether oxygens (including phenoxy) is 1. The number of likely N-dealkylation sites (tertiary alicyclic amines) is 1. The maximum atomic E-state index is 12.1. The van der Waals surface area contributed by atoms with Crippen molar-refractivity contribution in [3.05, 3.63) is 28.8 Å². The molecule has 1 aromatic rings. The van der Waals surface area contributed by atoms with Crippen LogP contribution in [-0.2, 0) is 11.2 Å². The van der Waals surface area contributed by atoms with E-state index in [2.05, 4.69) is 0 Å². The Kier molecular flexibility index (Phi) is 4.09. The lowest BCUT2D eigenvalue weighted by Gasteiger charge is -2.17. The largest absolute Gasteiger partial charge is 0.496 e. The van der Waals surface area contributed by atoms with E-state index in [4.69, 9.17) is 22.1 Å². The Hall–Kier alpha value is -1.26. The molecule has 1 atom stereocenters. The number of methoxy groups -OCH3 is 1. The van der Waals surface area contributed by atoms with Crippen molar-refractivity contribution in [2.24, 2.45) is 5.73 Å². The number of carbonyl (C=O) groups is 1. The van der Waals surface area contributed by atoms with Gasteiger partial charge in [0.2, 0.25) is 5.91 Å². The van der Waals surface area contributed by atoms with Crippen molar-refractivity contribution in [1.29, 1.82) is 0 Å². The van der Waals surface area contributed by atoms with Gasteiger partial charge < -0.3 is 15.4 Å². The van der Waals surface area contributed by atoms with Gasteiger partial charge in [0.15, 0.2) is 0 Å². The molecule has 1 saturated heterocycles. The molecule has 1 aliphatic heterocycles. The zero-order valence-corrected chi connectivity index (χ0v) is 11.1. The number of nitrogens with zero attached hydrogens (tertiary/aromatic N) is 1. The summed E-state index contributed by atoms with van der Waals surface area (Å²) in [6, 6.07) is 5.41. The van der Waals surface area contributed by atoms with Crippen molar-refractivity contribution in [2.45, 2.75) is 18.9 Å². The fourth-order valence-corrected chi connectivity index (χ4v) is 2.37. The summed E-state index contributed by atoms with van der Waals surface area (Å²) in [7, 11) is 1.59. The number of hydrogen-bond donors (Lipinski definition) is 1. The van der Waals surface area contributed by atoms with Crippen LogP contribution in [0.1, 0.15) is 12.0 Å². The van der Waals surface area contributed by atoms with Crippen molar-refractivity contribution >= 4 is 17.5 Å². The van der Waals surface area contributed by atoms with E-state index in [9.17, 15) is 4.79 Å². The van der Waals surface area contributed by atoms with Crippen LogP contribution in [0, 0.1) is 0 Å². The number of benzene rings is 1. The van der Waals surface area contributed by atoms with Crippen LogP contribution in [-0.4, -0.2) is 37.0 Å². The van der Waals surface area contributed by atoms with Crippen LogP contribution >= 0.6 is 11.6 Å². The van der Waals surface area contributed by atoms with E-state index >= 15 is 0 Å². The minimum atomic E-state index is 0.0727. The monoisotopic (exact) mass is 268 g/mol. The number of halogens is 1. The van der Waals surface area contributed by atoms with Gasteiger partial charge in [-0.25, -0.2) is 0 Å². The molecule has 4 nitrogen and oxygen atoms in total. The molecule has 98 valence electrons. The molecule has 0 saturated carbocycles. The summed E-state index contributed by atoms with van der Waals surface area (Å²) in [5.74, 6) is 0.764. The summed E-state index contributed by atoms with van der Waals surface area (Å²) >= 11 is 5.94.